The van der Waals surface area contributed by atoms with E-state index in [1.54, 1.807) is 5.38 Å². The third kappa shape index (κ3) is 5.10. The van der Waals surface area contributed by atoms with Crippen molar-refractivity contribution in [3.8, 4) is 5.75 Å². The molecule has 28 heavy (non-hydrogen) atoms. The van der Waals surface area contributed by atoms with E-state index in [9.17, 15) is 9.90 Å². The molecule has 1 N–H and O–H groups in total. The monoisotopic (exact) mass is 395 g/mol. The van der Waals surface area contributed by atoms with E-state index in [1.165, 1.54) is 22.5 Å². The standard InChI is InChI=1S/C22H24N2O3S/c1-22(2,16-6-4-3-5-7-16)17-8-10-19(11-9-17)27-13-12-23-21-24-18(15-28-21)14-20(25)26/h3-11,15H,12-14H2,1-2H3,(H,23,24)(H,25,26)/p-1. The average Bonchev–Trinajstić information content (AvgIpc) is 3.13. The maximum atomic E-state index is 10.6. The van der Waals surface area contributed by atoms with Crippen LogP contribution >= 0.6 is 11.3 Å². The number of benzene rings is 2. The molecule has 0 bridgehead atoms. The molecule has 1 heterocycles. The zero-order valence-electron chi connectivity index (χ0n) is 16.0. The Morgan fingerprint density at radius 1 is 1.11 bits per heavy atom. The zero-order chi connectivity index (χ0) is 20.0. The summed E-state index contributed by atoms with van der Waals surface area (Å²) in [4.78, 5) is 14.8. The van der Waals surface area contributed by atoms with Gasteiger partial charge in [-0.25, -0.2) is 4.98 Å². The maximum Gasteiger partial charge on any atom is 0.182 e. The topological polar surface area (TPSA) is 74.3 Å². The van der Waals surface area contributed by atoms with Crippen LogP contribution in [0.3, 0.4) is 0 Å². The molecular weight excluding hydrogens is 372 g/mol. The first kappa shape index (κ1) is 19.9. The summed E-state index contributed by atoms with van der Waals surface area (Å²) in [6.45, 7) is 5.49. The predicted octanol–water partition coefficient (Wildman–Crippen LogP) is 3.25. The fraction of sp³-hybridized carbons (Fsp3) is 0.273. The van der Waals surface area contributed by atoms with Gasteiger partial charge in [-0.1, -0.05) is 56.3 Å². The molecule has 0 saturated carbocycles. The number of nitrogens with zero attached hydrogens (tertiary/aromatic N) is 1. The second-order valence-corrected chi connectivity index (χ2v) is 7.84. The molecule has 6 heteroatoms. The van der Waals surface area contributed by atoms with Crippen LogP contribution in [0.15, 0.2) is 60.0 Å². The first-order chi connectivity index (χ1) is 13.4. The molecule has 146 valence electrons. The number of rotatable bonds is 9. The van der Waals surface area contributed by atoms with Crippen molar-refractivity contribution in [1.82, 2.24) is 4.98 Å². The molecule has 0 spiro atoms. The van der Waals surface area contributed by atoms with Crippen molar-refractivity contribution in [2.24, 2.45) is 0 Å². The van der Waals surface area contributed by atoms with Gasteiger partial charge in [0, 0.05) is 23.2 Å². The van der Waals surface area contributed by atoms with Crippen LogP contribution in [0, 0.1) is 0 Å². The van der Waals surface area contributed by atoms with Crippen molar-refractivity contribution < 1.29 is 14.6 Å². The van der Waals surface area contributed by atoms with E-state index in [2.05, 4.69) is 60.5 Å². The molecule has 0 radical (unpaired) electrons. The van der Waals surface area contributed by atoms with Crippen LogP contribution in [0.4, 0.5) is 5.13 Å². The molecule has 5 nitrogen and oxygen atoms in total. The number of thiazole rings is 1. The smallest absolute Gasteiger partial charge is 0.182 e. The first-order valence-corrected chi connectivity index (χ1v) is 10.00. The third-order valence-corrected chi connectivity index (χ3v) is 5.44. The summed E-state index contributed by atoms with van der Waals surface area (Å²) >= 11 is 1.37. The number of aromatic nitrogens is 1. The van der Waals surface area contributed by atoms with Gasteiger partial charge >= 0.3 is 0 Å². The quantitative estimate of drug-likeness (QED) is 0.563. The average molecular weight is 396 g/mol. The highest BCUT2D eigenvalue weighted by molar-refractivity contribution is 7.13. The van der Waals surface area contributed by atoms with Crippen LogP contribution in [-0.2, 0) is 16.6 Å². The summed E-state index contributed by atoms with van der Waals surface area (Å²) < 4.78 is 5.78. The molecule has 1 aromatic heterocycles. The highest BCUT2D eigenvalue weighted by Gasteiger charge is 2.22. The Hall–Kier alpha value is -2.86. The molecule has 0 amide bonds. The molecule has 0 aliphatic rings. The number of carboxylic acids is 1. The second kappa shape index (κ2) is 8.89. The van der Waals surface area contributed by atoms with E-state index in [-0.39, 0.29) is 11.8 Å². The maximum absolute atomic E-state index is 10.6. The molecule has 0 unspecified atom stereocenters. The Morgan fingerprint density at radius 3 is 2.46 bits per heavy atom. The number of nitrogens with one attached hydrogen (secondary N) is 1. The summed E-state index contributed by atoms with van der Waals surface area (Å²) in [6.07, 6.45) is -0.166. The number of hydrogen-bond acceptors (Lipinski definition) is 6. The van der Waals surface area contributed by atoms with E-state index in [1.807, 2.05) is 18.2 Å². The van der Waals surface area contributed by atoms with Crippen LogP contribution in [0.1, 0.15) is 30.7 Å². The van der Waals surface area contributed by atoms with Crippen LogP contribution in [0.5, 0.6) is 5.75 Å². The minimum atomic E-state index is -1.13. The number of carboxylic acid groups (broad SMARTS) is 1. The summed E-state index contributed by atoms with van der Waals surface area (Å²) in [5, 5.41) is 16.1. The van der Waals surface area contributed by atoms with Gasteiger partial charge in [-0.2, -0.15) is 0 Å². The van der Waals surface area contributed by atoms with Crippen molar-refractivity contribution in [1.29, 1.82) is 0 Å². The largest absolute Gasteiger partial charge is 0.550 e. The Morgan fingerprint density at radius 2 is 1.79 bits per heavy atom. The van der Waals surface area contributed by atoms with Gasteiger partial charge in [0.05, 0.1) is 12.2 Å². The van der Waals surface area contributed by atoms with Crippen molar-refractivity contribution in [3.05, 3.63) is 76.8 Å². The summed E-state index contributed by atoms with van der Waals surface area (Å²) in [7, 11) is 0. The molecule has 0 aliphatic heterocycles. The van der Waals surface area contributed by atoms with E-state index in [4.69, 9.17) is 4.74 Å². The van der Waals surface area contributed by atoms with Crippen LogP contribution in [0.2, 0.25) is 0 Å². The Kier molecular flexibility index (Phi) is 6.31. The highest BCUT2D eigenvalue weighted by Crippen LogP contribution is 2.32. The highest BCUT2D eigenvalue weighted by atomic mass is 32.1. The predicted molar refractivity (Wildman–Crippen MR) is 110 cm³/mol. The Labute approximate surface area is 169 Å². The lowest BCUT2D eigenvalue weighted by atomic mass is 9.78. The van der Waals surface area contributed by atoms with Crippen LogP contribution in [0.25, 0.3) is 0 Å². The van der Waals surface area contributed by atoms with Gasteiger partial charge in [0.15, 0.2) is 5.13 Å². The van der Waals surface area contributed by atoms with Gasteiger partial charge in [-0.3, -0.25) is 0 Å². The number of anilines is 1. The van der Waals surface area contributed by atoms with E-state index >= 15 is 0 Å². The van der Waals surface area contributed by atoms with E-state index in [0.717, 1.165) is 5.75 Å². The fourth-order valence-corrected chi connectivity index (χ4v) is 3.67. The van der Waals surface area contributed by atoms with E-state index in [0.29, 0.717) is 24.0 Å². The molecule has 3 aromatic rings. The number of aliphatic carboxylic acids is 1. The van der Waals surface area contributed by atoms with Gasteiger partial charge in [0.25, 0.3) is 0 Å². The van der Waals surface area contributed by atoms with Crippen molar-refractivity contribution in [2.45, 2.75) is 25.7 Å². The molecule has 0 saturated heterocycles. The SMILES string of the molecule is CC(C)(c1ccccc1)c1ccc(OCCNc2nc(CC(=O)[O-])cs2)cc1. The Bertz CT molecular complexity index is 905. The normalized spacial score (nSPS) is 11.2. The van der Waals surface area contributed by atoms with Crippen molar-refractivity contribution >= 4 is 22.4 Å². The van der Waals surface area contributed by atoms with Crippen molar-refractivity contribution in [2.75, 3.05) is 18.5 Å². The molecule has 0 fully saturated rings. The molecule has 2 aromatic carbocycles. The fourth-order valence-electron chi connectivity index (χ4n) is 2.93. The molecular formula is C22H23N2O3S-. The number of carbonyl (C=O) groups excluding carboxylic acids is 1. The molecule has 0 aliphatic carbocycles. The second-order valence-electron chi connectivity index (χ2n) is 6.98. The minimum Gasteiger partial charge on any atom is -0.550 e. The number of ether oxygens (including phenoxy) is 1. The summed E-state index contributed by atoms with van der Waals surface area (Å²) in [5.41, 5.74) is 2.93. The van der Waals surface area contributed by atoms with Gasteiger partial charge < -0.3 is 20.0 Å². The van der Waals surface area contributed by atoms with Gasteiger partial charge in [-0.05, 0) is 23.3 Å². The molecule has 0 atom stereocenters. The molecule has 3 rings (SSSR count). The number of hydrogen-bond donors (Lipinski definition) is 1. The van der Waals surface area contributed by atoms with Crippen LogP contribution < -0.4 is 15.2 Å². The lowest BCUT2D eigenvalue weighted by molar-refractivity contribution is -0.304. The van der Waals surface area contributed by atoms with Crippen molar-refractivity contribution in [3.63, 3.8) is 0 Å². The zero-order valence-corrected chi connectivity index (χ0v) is 16.8. The van der Waals surface area contributed by atoms with Crippen LogP contribution in [-0.4, -0.2) is 24.1 Å². The summed E-state index contributed by atoms with van der Waals surface area (Å²) in [6, 6.07) is 18.6. The summed E-state index contributed by atoms with van der Waals surface area (Å²) in [5.74, 6) is -0.315. The third-order valence-electron chi connectivity index (χ3n) is 4.60. The lowest BCUT2D eigenvalue weighted by Crippen LogP contribution is -2.24. The number of carbonyl (C=O) groups is 1. The first-order valence-electron chi connectivity index (χ1n) is 9.12. The lowest BCUT2D eigenvalue weighted by Gasteiger charge is -2.26. The van der Waals surface area contributed by atoms with Gasteiger partial charge in [0.1, 0.15) is 12.4 Å². The van der Waals surface area contributed by atoms with E-state index < -0.39 is 5.97 Å². The van der Waals surface area contributed by atoms with Gasteiger partial charge in [-0.15, -0.1) is 11.3 Å². The Balaban J connectivity index is 1.49. The van der Waals surface area contributed by atoms with Gasteiger partial charge in [0.2, 0.25) is 0 Å². The minimum absolute atomic E-state index is 0.0740.